The molecule has 4 rings (SSSR count). The number of benzene rings is 3. The monoisotopic (exact) mass is 485 g/mol. The molecular weight excluding hydrogens is 459 g/mol. The molecule has 2 atom stereocenters. The molecule has 0 spiro atoms. The first-order valence-electron chi connectivity index (χ1n) is 11.2. The van der Waals surface area contributed by atoms with Gasteiger partial charge in [-0.1, -0.05) is 6.92 Å². The molecule has 8 heteroatoms. The Balaban J connectivity index is 1.63. The Morgan fingerprint density at radius 2 is 1.71 bits per heavy atom. The summed E-state index contributed by atoms with van der Waals surface area (Å²) in [6.07, 6.45) is -0.215. The number of fused-ring (bicyclic) bond motifs is 1. The molecule has 0 radical (unpaired) electrons. The first-order chi connectivity index (χ1) is 16.5. The molecule has 0 aliphatic carbocycles. The van der Waals surface area contributed by atoms with Gasteiger partial charge in [0, 0.05) is 35.2 Å². The number of aromatic hydroxyl groups is 1. The van der Waals surface area contributed by atoms with Gasteiger partial charge in [-0.15, -0.1) is 0 Å². The van der Waals surface area contributed by atoms with Gasteiger partial charge in [-0.05, 0) is 73.5 Å². The number of carbonyl (C=O) groups excluding carboxylic acids is 1. The topological polar surface area (TPSA) is 78.8 Å². The van der Waals surface area contributed by atoms with Gasteiger partial charge in [-0.2, -0.15) is 0 Å². The summed E-state index contributed by atoms with van der Waals surface area (Å²) in [7, 11) is 0. The largest absolute Gasteiger partial charge is 0.508 e. The van der Waals surface area contributed by atoms with Gasteiger partial charge in [-0.3, -0.25) is 0 Å². The molecule has 0 saturated heterocycles. The SMILES string of the molecule is CC(O)(Cc1cc(F)ccc1F)CC(C)(CNc1ccc2c(c1)COC2=O)c1cc(F)ccc1O. The second kappa shape index (κ2) is 9.26. The standard InChI is InChI=1S/C27H26F3NO4/c1-26(22-11-19(29)4-8-24(22)32,14-27(2,34)12-16-9-18(28)3-7-23(16)30)15-31-20-5-6-21-17(10-20)13-35-25(21)33/h3-11,31-32,34H,12-15H2,1-2H3. The lowest BCUT2D eigenvalue weighted by molar-refractivity contribution is 0.0294. The van der Waals surface area contributed by atoms with Crippen LogP contribution in [0.1, 0.15) is 47.3 Å². The van der Waals surface area contributed by atoms with Gasteiger partial charge in [0.2, 0.25) is 0 Å². The molecule has 0 amide bonds. The smallest absolute Gasteiger partial charge is 0.338 e. The van der Waals surface area contributed by atoms with E-state index in [4.69, 9.17) is 4.74 Å². The predicted octanol–water partition coefficient (Wildman–Crippen LogP) is 5.23. The second-order valence-corrected chi connectivity index (χ2v) is 9.61. The van der Waals surface area contributed by atoms with Gasteiger partial charge in [-0.25, -0.2) is 18.0 Å². The number of phenols is 1. The maximum Gasteiger partial charge on any atom is 0.338 e. The summed E-state index contributed by atoms with van der Waals surface area (Å²) in [5, 5.41) is 25.0. The highest BCUT2D eigenvalue weighted by Crippen LogP contribution is 2.40. The molecule has 3 aromatic carbocycles. The normalized spacial score (nSPS) is 16.2. The Kier molecular flexibility index (Phi) is 6.51. The molecule has 184 valence electrons. The van der Waals surface area contributed by atoms with Gasteiger partial charge in [0.05, 0.1) is 11.2 Å². The Hall–Kier alpha value is -3.52. The van der Waals surface area contributed by atoms with E-state index in [2.05, 4.69) is 5.32 Å². The van der Waals surface area contributed by atoms with E-state index in [0.717, 1.165) is 29.8 Å². The average molecular weight is 486 g/mol. The zero-order valence-electron chi connectivity index (χ0n) is 19.4. The lowest BCUT2D eigenvalue weighted by Gasteiger charge is -2.38. The summed E-state index contributed by atoms with van der Waals surface area (Å²) in [6.45, 7) is 3.55. The third-order valence-corrected chi connectivity index (χ3v) is 6.33. The minimum Gasteiger partial charge on any atom is -0.508 e. The van der Waals surface area contributed by atoms with Crippen LogP contribution in [0.2, 0.25) is 0 Å². The lowest BCUT2D eigenvalue weighted by Crippen LogP contribution is -2.42. The Bertz CT molecular complexity index is 1280. The number of phenolic OH excluding ortho intramolecular Hbond substituents is 1. The zero-order chi connectivity index (χ0) is 25.4. The number of halogens is 3. The Morgan fingerprint density at radius 3 is 2.49 bits per heavy atom. The van der Waals surface area contributed by atoms with Gasteiger partial charge < -0.3 is 20.3 Å². The highest BCUT2D eigenvalue weighted by atomic mass is 19.1. The van der Waals surface area contributed by atoms with Gasteiger partial charge >= 0.3 is 5.97 Å². The summed E-state index contributed by atoms with van der Waals surface area (Å²) in [6, 6.07) is 11.7. The van der Waals surface area contributed by atoms with Crippen LogP contribution in [0.5, 0.6) is 5.75 Å². The number of rotatable bonds is 8. The van der Waals surface area contributed by atoms with Gasteiger partial charge in [0.25, 0.3) is 0 Å². The van der Waals surface area contributed by atoms with Crippen LogP contribution in [0.25, 0.3) is 0 Å². The number of nitrogens with one attached hydrogen (secondary N) is 1. The summed E-state index contributed by atoms with van der Waals surface area (Å²) < 4.78 is 47.2. The van der Waals surface area contributed by atoms with Crippen LogP contribution >= 0.6 is 0 Å². The predicted molar refractivity (Wildman–Crippen MR) is 125 cm³/mol. The van der Waals surface area contributed by atoms with Crippen molar-refractivity contribution >= 4 is 11.7 Å². The van der Waals surface area contributed by atoms with Crippen LogP contribution in [0.4, 0.5) is 18.9 Å². The van der Waals surface area contributed by atoms with Crippen LogP contribution in [-0.2, 0) is 23.2 Å². The number of ether oxygens (including phenoxy) is 1. The van der Waals surface area contributed by atoms with Crippen molar-refractivity contribution in [3.8, 4) is 5.75 Å². The fourth-order valence-corrected chi connectivity index (χ4v) is 4.78. The maximum absolute atomic E-state index is 14.3. The van der Waals surface area contributed by atoms with Crippen molar-refractivity contribution in [2.24, 2.45) is 0 Å². The Morgan fingerprint density at radius 1 is 1.00 bits per heavy atom. The number of aliphatic hydroxyl groups is 1. The zero-order valence-corrected chi connectivity index (χ0v) is 19.4. The maximum atomic E-state index is 14.3. The molecule has 1 heterocycles. The van der Waals surface area contributed by atoms with Crippen LogP contribution in [0.3, 0.4) is 0 Å². The molecule has 5 nitrogen and oxygen atoms in total. The van der Waals surface area contributed by atoms with E-state index in [1.807, 2.05) is 0 Å². The molecule has 0 bridgehead atoms. The van der Waals surface area contributed by atoms with E-state index in [1.54, 1.807) is 25.1 Å². The van der Waals surface area contributed by atoms with E-state index < -0.39 is 28.5 Å². The van der Waals surface area contributed by atoms with Crippen molar-refractivity contribution in [1.29, 1.82) is 0 Å². The molecule has 1 aliphatic rings. The molecule has 3 aromatic rings. The van der Waals surface area contributed by atoms with E-state index in [9.17, 15) is 28.2 Å². The molecule has 0 aromatic heterocycles. The number of anilines is 1. The first kappa shape index (κ1) is 24.6. The third kappa shape index (κ3) is 5.43. The highest BCUT2D eigenvalue weighted by Gasteiger charge is 2.38. The minimum absolute atomic E-state index is 0.0112. The van der Waals surface area contributed by atoms with Crippen LogP contribution in [-0.4, -0.2) is 28.3 Å². The van der Waals surface area contributed by atoms with Crippen molar-refractivity contribution in [2.45, 2.75) is 44.3 Å². The number of hydrogen-bond acceptors (Lipinski definition) is 5. The fraction of sp³-hybridized carbons (Fsp3) is 0.296. The summed E-state index contributed by atoms with van der Waals surface area (Å²) in [5.41, 5.74) is -0.431. The van der Waals surface area contributed by atoms with Crippen molar-refractivity contribution < 1.29 is 32.9 Å². The van der Waals surface area contributed by atoms with Crippen molar-refractivity contribution in [3.05, 3.63) is 94.3 Å². The summed E-state index contributed by atoms with van der Waals surface area (Å²) in [4.78, 5) is 11.7. The number of hydrogen-bond donors (Lipinski definition) is 3. The molecule has 0 saturated carbocycles. The van der Waals surface area contributed by atoms with Crippen LogP contribution in [0, 0.1) is 17.5 Å². The molecule has 0 fully saturated rings. The van der Waals surface area contributed by atoms with E-state index in [-0.39, 0.29) is 48.8 Å². The quantitative estimate of drug-likeness (QED) is 0.381. The second-order valence-electron chi connectivity index (χ2n) is 9.61. The van der Waals surface area contributed by atoms with Gasteiger partial charge in [0.1, 0.15) is 29.8 Å². The molecule has 3 N–H and O–H groups in total. The fourth-order valence-electron chi connectivity index (χ4n) is 4.78. The average Bonchev–Trinajstić information content (AvgIpc) is 3.16. The minimum atomic E-state index is -1.54. The van der Waals surface area contributed by atoms with Crippen molar-refractivity contribution in [1.82, 2.24) is 0 Å². The van der Waals surface area contributed by atoms with E-state index >= 15 is 0 Å². The number of carbonyl (C=O) groups is 1. The van der Waals surface area contributed by atoms with Crippen molar-refractivity contribution in [2.75, 3.05) is 11.9 Å². The molecular formula is C27H26F3NO4. The molecule has 35 heavy (non-hydrogen) atoms. The van der Waals surface area contributed by atoms with E-state index in [1.165, 1.54) is 19.1 Å². The Labute approximate surface area is 201 Å². The third-order valence-electron chi connectivity index (χ3n) is 6.33. The summed E-state index contributed by atoms with van der Waals surface area (Å²) in [5.74, 6) is -2.37. The van der Waals surface area contributed by atoms with Crippen LogP contribution in [0.15, 0.2) is 54.6 Å². The number of cyclic esters (lactones) is 1. The molecule has 1 aliphatic heterocycles. The van der Waals surface area contributed by atoms with Crippen molar-refractivity contribution in [3.63, 3.8) is 0 Å². The van der Waals surface area contributed by atoms with E-state index in [0.29, 0.717) is 11.3 Å². The van der Waals surface area contributed by atoms with Crippen LogP contribution < -0.4 is 5.32 Å². The molecule has 2 unspecified atom stereocenters. The van der Waals surface area contributed by atoms with Gasteiger partial charge in [0.15, 0.2) is 0 Å². The summed E-state index contributed by atoms with van der Waals surface area (Å²) >= 11 is 0. The lowest BCUT2D eigenvalue weighted by atomic mass is 9.72. The highest BCUT2D eigenvalue weighted by molar-refractivity contribution is 5.93. The number of esters is 1. The first-order valence-corrected chi connectivity index (χ1v) is 11.2.